The number of hydrogen-bond donors (Lipinski definition) is 1. The van der Waals surface area contributed by atoms with E-state index in [0.717, 1.165) is 23.3 Å². The molecule has 0 saturated carbocycles. The van der Waals surface area contributed by atoms with Crippen molar-refractivity contribution in [3.05, 3.63) is 47.0 Å². The number of aromatic nitrogens is 3. The van der Waals surface area contributed by atoms with Crippen LogP contribution in [0.3, 0.4) is 0 Å². The van der Waals surface area contributed by atoms with E-state index in [1.165, 1.54) is 6.07 Å². The number of likely N-dealkylation sites (tertiary alicyclic amines) is 1. The van der Waals surface area contributed by atoms with Crippen LogP contribution in [0.2, 0.25) is 0 Å². The Morgan fingerprint density at radius 2 is 2.03 bits per heavy atom. The molecule has 3 aliphatic rings. The minimum absolute atomic E-state index is 0.0431. The normalized spacial score (nSPS) is 22.5. The zero-order chi connectivity index (χ0) is 21.1. The Hall–Kier alpha value is -3.36. The predicted molar refractivity (Wildman–Crippen MR) is 110 cm³/mol. The largest absolute Gasteiger partial charge is 0.493 e. The summed E-state index contributed by atoms with van der Waals surface area (Å²) in [5.41, 5.74) is 3.12. The Bertz CT molecular complexity index is 1210. The Balaban J connectivity index is 1.45. The van der Waals surface area contributed by atoms with Crippen molar-refractivity contribution in [1.29, 1.82) is 0 Å². The molecule has 8 nitrogen and oxygen atoms in total. The lowest BCUT2D eigenvalue weighted by Crippen LogP contribution is -2.35. The van der Waals surface area contributed by atoms with Gasteiger partial charge in [-0.3, -0.25) is 9.20 Å². The lowest BCUT2D eigenvalue weighted by atomic mass is 9.89. The van der Waals surface area contributed by atoms with Gasteiger partial charge < -0.3 is 19.7 Å². The standard InChI is InChI=1S/C22H22FN5O3/c1-27-5-4-12(6-19(27)29)14-7-18-22(28-11-25-26-21(14)28)24-8-15-16(23)2-3-17-20(15)13(9-30-17)10-31-18/h2-3,7,11-13,24H,4-6,8-10H2,1H3/t12-,13-/m1/s1. The Morgan fingerprint density at radius 3 is 2.87 bits per heavy atom. The molecule has 5 heterocycles. The maximum Gasteiger partial charge on any atom is 0.222 e. The second-order valence-corrected chi connectivity index (χ2v) is 8.45. The van der Waals surface area contributed by atoms with Gasteiger partial charge in [-0.05, 0) is 30.5 Å². The van der Waals surface area contributed by atoms with Crippen molar-refractivity contribution in [1.82, 2.24) is 19.5 Å². The number of fused-ring (bicyclic) bond motifs is 3. The predicted octanol–water partition coefficient (Wildman–Crippen LogP) is 2.68. The SMILES string of the molecule is CN1CC[C@@H](c2cc3c(n4cnnc24)NCc2c(F)ccc4c2[C@H](CO4)CO3)CC1=O. The quantitative estimate of drug-likeness (QED) is 0.648. The smallest absolute Gasteiger partial charge is 0.222 e. The van der Waals surface area contributed by atoms with Crippen molar-refractivity contribution in [2.24, 2.45) is 0 Å². The van der Waals surface area contributed by atoms with E-state index in [1.54, 1.807) is 17.3 Å². The number of pyridine rings is 1. The summed E-state index contributed by atoms with van der Waals surface area (Å²) in [6.45, 7) is 1.84. The third-order valence-electron chi connectivity index (χ3n) is 6.65. The summed E-state index contributed by atoms with van der Waals surface area (Å²) in [6, 6.07) is 5.11. The molecule has 3 aliphatic heterocycles. The fraction of sp³-hybridized carbons (Fsp3) is 0.409. The van der Waals surface area contributed by atoms with Gasteiger partial charge in [0.2, 0.25) is 5.91 Å². The fourth-order valence-electron chi connectivity index (χ4n) is 4.92. The van der Waals surface area contributed by atoms with Gasteiger partial charge in [-0.2, -0.15) is 0 Å². The van der Waals surface area contributed by atoms with E-state index < -0.39 is 0 Å². The molecule has 2 atom stereocenters. The lowest BCUT2D eigenvalue weighted by Gasteiger charge is -2.29. The van der Waals surface area contributed by atoms with Gasteiger partial charge in [-0.15, -0.1) is 10.2 Å². The van der Waals surface area contributed by atoms with E-state index in [1.807, 2.05) is 17.5 Å². The molecule has 0 unspecified atom stereocenters. The molecule has 6 rings (SSSR count). The highest BCUT2D eigenvalue weighted by molar-refractivity contribution is 5.78. The molecule has 2 aromatic heterocycles. The monoisotopic (exact) mass is 423 g/mol. The van der Waals surface area contributed by atoms with Gasteiger partial charge in [0.15, 0.2) is 17.2 Å². The zero-order valence-corrected chi connectivity index (χ0v) is 17.1. The summed E-state index contributed by atoms with van der Waals surface area (Å²) in [5.74, 6) is 1.92. The highest BCUT2D eigenvalue weighted by Gasteiger charge is 2.33. The summed E-state index contributed by atoms with van der Waals surface area (Å²) in [7, 11) is 1.83. The van der Waals surface area contributed by atoms with Gasteiger partial charge in [0, 0.05) is 43.2 Å². The summed E-state index contributed by atoms with van der Waals surface area (Å²) in [6.07, 6.45) is 2.91. The van der Waals surface area contributed by atoms with Gasteiger partial charge in [-0.1, -0.05) is 0 Å². The van der Waals surface area contributed by atoms with Crippen LogP contribution in [0.4, 0.5) is 10.2 Å². The Labute approximate surface area is 178 Å². The number of carbonyl (C=O) groups is 1. The number of nitrogens with zero attached hydrogens (tertiary/aromatic N) is 4. The number of benzene rings is 1. The fourth-order valence-corrected chi connectivity index (χ4v) is 4.92. The molecule has 1 aromatic carbocycles. The number of rotatable bonds is 1. The van der Waals surface area contributed by atoms with Crippen molar-refractivity contribution in [2.45, 2.75) is 31.2 Å². The zero-order valence-electron chi connectivity index (χ0n) is 17.1. The van der Waals surface area contributed by atoms with Crippen molar-refractivity contribution in [3.8, 4) is 11.5 Å². The first kappa shape index (κ1) is 18.4. The summed E-state index contributed by atoms with van der Waals surface area (Å²) in [4.78, 5) is 14.1. The average Bonchev–Trinajstić information content (AvgIpc) is 3.41. The molecule has 0 radical (unpaired) electrons. The summed E-state index contributed by atoms with van der Waals surface area (Å²) >= 11 is 0. The second-order valence-electron chi connectivity index (χ2n) is 8.45. The minimum atomic E-state index is -0.258. The van der Waals surface area contributed by atoms with E-state index in [0.29, 0.717) is 55.5 Å². The van der Waals surface area contributed by atoms with Gasteiger partial charge >= 0.3 is 0 Å². The Morgan fingerprint density at radius 1 is 1.19 bits per heavy atom. The topological polar surface area (TPSA) is 81.0 Å². The number of halogens is 1. The van der Waals surface area contributed by atoms with E-state index in [4.69, 9.17) is 9.47 Å². The summed E-state index contributed by atoms with van der Waals surface area (Å²) in [5, 5.41) is 11.8. The van der Waals surface area contributed by atoms with Crippen LogP contribution in [0.25, 0.3) is 5.65 Å². The molecular formula is C22H22FN5O3. The number of nitrogens with one attached hydrogen (secondary N) is 1. The molecule has 3 aromatic rings. The third kappa shape index (κ3) is 2.83. The lowest BCUT2D eigenvalue weighted by molar-refractivity contribution is -0.132. The summed E-state index contributed by atoms with van der Waals surface area (Å²) < 4.78 is 28.6. The van der Waals surface area contributed by atoms with Crippen LogP contribution in [0.15, 0.2) is 24.5 Å². The first-order valence-corrected chi connectivity index (χ1v) is 10.5. The van der Waals surface area contributed by atoms with Crippen molar-refractivity contribution < 1.29 is 18.7 Å². The maximum absolute atomic E-state index is 14.7. The van der Waals surface area contributed by atoms with Crippen LogP contribution in [0.5, 0.6) is 11.5 Å². The van der Waals surface area contributed by atoms with Gasteiger partial charge in [0.25, 0.3) is 0 Å². The molecule has 1 fully saturated rings. The third-order valence-corrected chi connectivity index (χ3v) is 6.65. The molecule has 1 N–H and O–H groups in total. The van der Waals surface area contributed by atoms with E-state index in [2.05, 4.69) is 15.5 Å². The molecule has 1 amide bonds. The molecule has 0 spiro atoms. The van der Waals surface area contributed by atoms with Crippen LogP contribution in [0, 0.1) is 5.82 Å². The first-order valence-electron chi connectivity index (χ1n) is 10.5. The molecule has 160 valence electrons. The van der Waals surface area contributed by atoms with E-state index >= 15 is 0 Å². The Kier molecular flexibility index (Phi) is 4.06. The van der Waals surface area contributed by atoms with Gasteiger partial charge in [0.05, 0.1) is 19.1 Å². The van der Waals surface area contributed by atoms with Crippen LogP contribution >= 0.6 is 0 Å². The van der Waals surface area contributed by atoms with E-state index in [-0.39, 0.29) is 23.6 Å². The molecule has 0 aliphatic carbocycles. The van der Waals surface area contributed by atoms with Crippen molar-refractivity contribution in [2.75, 3.05) is 32.1 Å². The molecule has 9 heteroatoms. The maximum atomic E-state index is 14.7. The van der Waals surface area contributed by atoms with Gasteiger partial charge in [0.1, 0.15) is 17.9 Å². The first-order chi connectivity index (χ1) is 15.1. The number of piperidine rings is 1. The molecule has 31 heavy (non-hydrogen) atoms. The van der Waals surface area contributed by atoms with Crippen LogP contribution in [-0.4, -0.2) is 52.2 Å². The highest BCUT2D eigenvalue weighted by Crippen LogP contribution is 2.42. The second kappa shape index (κ2) is 6.83. The number of anilines is 1. The number of hydrogen-bond acceptors (Lipinski definition) is 6. The van der Waals surface area contributed by atoms with Gasteiger partial charge in [-0.25, -0.2) is 4.39 Å². The van der Waals surface area contributed by atoms with Crippen molar-refractivity contribution in [3.63, 3.8) is 0 Å². The van der Waals surface area contributed by atoms with Crippen LogP contribution in [0.1, 0.15) is 41.4 Å². The molecule has 0 bridgehead atoms. The molecular weight excluding hydrogens is 401 g/mol. The van der Waals surface area contributed by atoms with Crippen molar-refractivity contribution >= 4 is 17.4 Å². The number of amides is 1. The van der Waals surface area contributed by atoms with Crippen LogP contribution in [-0.2, 0) is 11.3 Å². The molecule has 1 saturated heterocycles. The average molecular weight is 423 g/mol. The number of carbonyl (C=O) groups excluding carboxylic acids is 1. The van der Waals surface area contributed by atoms with E-state index in [9.17, 15) is 9.18 Å². The number of ether oxygens (including phenoxy) is 2. The minimum Gasteiger partial charge on any atom is -0.493 e. The van der Waals surface area contributed by atoms with Crippen LogP contribution < -0.4 is 14.8 Å². The highest BCUT2D eigenvalue weighted by atomic mass is 19.1.